The van der Waals surface area contributed by atoms with Crippen LogP contribution in [0.1, 0.15) is 59.4 Å². The van der Waals surface area contributed by atoms with Gasteiger partial charge in [-0.1, -0.05) is 68.4 Å². The zero-order chi connectivity index (χ0) is 24.6. The van der Waals surface area contributed by atoms with Crippen molar-refractivity contribution in [2.45, 2.75) is 65.9 Å². The van der Waals surface area contributed by atoms with E-state index < -0.39 is 29.4 Å². The number of carbonyl (C=O) groups is 3. The third-order valence-corrected chi connectivity index (χ3v) is 5.56. The molecule has 3 atom stereocenters. The molecule has 0 aliphatic carbocycles. The van der Waals surface area contributed by atoms with Crippen LogP contribution in [0.3, 0.4) is 0 Å². The number of carbonyl (C=O) groups excluding carboxylic acids is 2. The van der Waals surface area contributed by atoms with Crippen LogP contribution < -0.4 is 0 Å². The fourth-order valence-electron chi connectivity index (χ4n) is 3.93. The van der Waals surface area contributed by atoms with Gasteiger partial charge in [0.25, 0.3) is 0 Å². The van der Waals surface area contributed by atoms with Crippen molar-refractivity contribution >= 4 is 17.7 Å². The molecule has 2 rings (SSSR count). The van der Waals surface area contributed by atoms with Crippen LogP contribution in [0.15, 0.2) is 54.6 Å². The zero-order valence-corrected chi connectivity index (χ0v) is 20.3. The van der Waals surface area contributed by atoms with Crippen LogP contribution in [0.25, 0.3) is 11.1 Å². The van der Waals surface area contributed by atoms with Gasteiger partial charge in [-0.3, -0.25) is 14.4 Å². The van der Waals surface area contributed by atoms with E-state index in [4.69, 9.17) is 9.84 Å². The Kier molecular flexibility index (Phi) is 9.39. The van der Waals surface area contributed by atoms with Crippen LogP contribution in [0.5, 0.6) is 0 Å². The number of aliphatic carboxylic acids is 1. The van der Waals surface area contributed by atoms with E-state index in [0.717, 1.165) is 16.7 Å². The van der Waals surface area contributed by atoms with Crippen molar-refractivity contribution in [2.75, 3.05) is 0 Å². The summed E-state index contributed by atoms with van der Waals surface area (Å²) in [4.78, 5) is 36.8. The van der Waals surface area contributed by atoms with Gasteiger partial charge in [0.2, 0.25) is 0 Å². The average molecular weight is 453 g/mol. The minimum absolute atomic E-state index is 0.0117. The molecular formula is C28H36O5. The highest BCUT2D eigenvalue weighted by atomic mass is 16.6. The predicted octanol–water partition coefficient (Wildman–Crippen LogP) is 5.95. The van der Waals surface area contributed by atoms with E-state index in [0.29, 0.717) is 12.8 Å². The number of hydrogen-bond acceptors (Lipinski definition) is 4. The summed E-state index contributed by atoms with van der Waals surface area (Å²) in [5, 5.41) is 9.15. The molecule has 33 heavy (non-hydrogen) atoms. The molecule has 2 aromatic carbocycles. The summed E-state index contributed by atoms with van der Waals surface area (Å²) < 4.78 is 5.47. The van der Waals surface area contributed by atoms with Gasteiger partial charge in [0.1, 0.15) is 11.4 Å². The molecule has 0 radical (unpaired) electrons. The third kappa shape index (κ3) is 9.21. The highest BCUT2D eigenvalue weighted by Gasteiger charge is 2.27. The molecule has 0 aliphatic rings. The first-order valence-electron chi connectivity index (χ1n) is 11.6. The maximum atomic E-state index is 13.1. The van der Waals surface area contributed by atoms with Crippen LogP contribution in [-0.4, -0.2) is 28.4 Å². The summed E-state index contributed by atoms with van der Waals surface area (Å²) in [6, 6.07) is 18.1. The molecule has 1 unspecified atom stereocenters. The second-order valence-corrected chi connectivity index (χ2v) is 10.0. The van der Waals surface area contributed by atoms with Crippen LogP contribution >= 0.6 is 0 Å². The Balaban J connectivity index is 2.13. The summed E-state index contributed by atoms with van der Waals surface area (Å²) >= 11 is 0. The van der Waals surface area contributed by atoms with Gasteiger partial charge >= 0.3 is 11.9 Å². The molecule has 0 bridgehead atoms. The molecule has 0 aromatic heterocycles. The first-order valence-corrected chi connectivity index (χ1v) is 11.6. The molecule has 0 amide bonds. The molecule has 0 saturated heterocycles. The fraction of sp³-hybridized carbons (Fsp3) is 0.464. The lowest BCUT2D eigenvalue weighted by Gasteiger charge is -2.23. The molecule has 2 aromatic rings. The summed E-state index contributed by atoms with van der Waals surface area (Å²) in [6.45, 7) is 8.95. The van der Waals surface area contributed by atoms with Crippen molar-refractivity contribution in [2.24, 2.45) is 17.8 Å². The van der Waals surface area contributed by atoms with E-state index in [9.17, 15) is 14.4 Å². The van der Waals surface area contributed by atoms with Crippen LogP contribution in [0.2, 0.25) is 0 Å². The van der Waals surface area contributed by atoms with Crippen LogP contribution in [-0.2, 0) is 25.5 Å². The number of ketones is 1. The Morgan fingerprint density at radius 3 is 2.00 bits per heavy atom. The van der Waals surface area contributed by atoms with Gasteiger partial charge in [0, 0.05) is 12.3 Å². The second kappa shape index (κ2) is 11.8. The molecule has 0 heterocycles. The van der Waals surface area contributed by atoms with Gasteiger partial charge in [-0.15, -0.1) is 0 Å². The van der Waals surface area contributed by atoms with Gasteiger partial charge in [0.05, 0.1) is 12.3 Å². The van der Waals surface area contributed by atoms with E-state index >= 15 is 0 Å². The van der Waals surface area contributed by atoms with Crippen molar-refractivity contribution in [3.8, 4) is 11.1 Å². The van der Waals surface area contributed by atoms with Gasteiger partial charge in [0.15, 0.2) is 0 Å². The van der Waals surface area contributed by atoms with Gasteiger partial charge < -0.3 is 9.84 Å². The maximum Gasteiger partial charge on any atom is 0.307 e. The van der Waals surface area contributed by atoms with Crippen molar-refractivity contribution in [3.63, 3.8) is 0 Å². The van der Waals surface area contributed by atoms with Gasteiger partial charge in [-0.05, 0) is 56.2 Å². The summed E-state index contributed by atoms with van der Waals surface area (Å²) in [5.74, 6) is -2.39. The fourth-order valence-corrected chi connectivity index (χ4v) is 3.93. The summed E-state index contributed by atoms with van der Waals surface area (Å²) in [7, 11) is 0. The zero-order valence-electron chi connectivity index (χ0n) is 20.3. The maximum absolute atomic E-state index is 13.1. The number of carboxylic acid groups (broad SMARTS) is 1. The largest absolute Gasteiger partial charge is 0.481 e. The van der Waals surface area contributed by atoms with Gasteiger partial charge in [-0.25, -0.2) is 0 Å². The average Bonchev–Trinajstić information content (AvgIpc) is 2.72. The highest BCUT2D eigenvalue weighted by Crippen LogP contribution is 2.25. The summed E-state index contributed by atoms with van der Waals surface area (Å²) in [5.41, 5.74) is 2.56. The molecule has 0 aliphatic heterocycles. The molecule has 5 heteroatoms. The highest BCUT2D eigenvalue weighted by molar-refractivity contribution is 5.86. The van der Waals surface area contributed by atoms with E-state index in [1.54, 1.807) is 27.7 Å². The van der Waals surface area contributed by atoms with E-state index in [1.807, 2.05) is 61.5 Å². The standard InChI is InChI=1S/C28H36O5/c1-19(15-20(2)27(31)32)16-25(29)24(18-26(30)33-28(3,4)5)17-21-11-13-23(14-12-21)22-9-7-6-8-10-22/h6-14,19-20,24H,15-18H2,1-5H3,(H,31,32)/t19-,20-,24?/m1/s1. The molecule has 0 spiro atoms. The Labute approximate surface area is 197 Å². The second-order valence-electron chi connectivity index (χ2n) is 10.0. The van der Waals surface area contributed by atoms with Crippen molar-refractivity contribution in [1.82, 2.24) is 0 Å². The summed E-state index contributed by atoms with van der Waals surface area (Å²) in [6.07, 6.45) is 1.12. The number of hydrogen-bond donors (Lipinski definition) is 1. The number of carboxylic acids is 1. The SMILES string of the molecule is C[C@@H](CC(=O)C(CC(=O)OC(C)(C)C)Cc1ccc(-c2ccccc2)cc1)C[C@@H](C)C(=O)O. The number of Topliss-reactive ketones (excluding diaryl/α,β-unsaturated/α-hetero) is 1. The lowest BCUT2D eigenvalue weighted by Crippen LogP contribution is -2.29. The molecule has 1 N–H and O–H groups in total. The lowest BCUT2D eigenvalue weighted by atomic mass is 9.85. The Morgan fingerprint density at radius 1 is 0.879 bits per heavy atom. The van der Waals surface area contributed by atoms with Crippen LogP contribution in [0, 0.1) is 17.8 Å². The quantitative estimate of drug-likeness (QED) is 0.426. The Hall–Kier alpha value is -2.95. The number of esters is 1. The molecular weight excluding hydrogens is 416 g/mol. The Bertz CT molecular complexity index is 925. The monoisotopic (exact) mass is 452 g/mol. The molecule has 0 saturated carbocycles. The lowest BCUT2D eigenvalue weighted by molar-refractivity contribution is -0.157. The van der Waals surface area contributed by atoms with Crippen LogP contribution in [0.4, 0.5) is 0 Å². The van der Waals surface area contributed by atoms with Crippen molar-refractivity contribution in [3.05, 3.63) is 60.2 Å². The smallest absolute Gasteiger partial charge is 0.307 e. The van der Waals surface area contributed by atoms with E-state index in [2.05, 4.69) is 0 Å². The molecule has 178 valence electrons. The van der Waals surface area contributed by atoms with E-state index in [1.165, 1.54) is 0 Å². The number of benzene rings is 2. The minimum atomic E-state index is -0.863. The topological polar surface area (TPSA) is 80.7 Å². The first kappa shape index (κ1) is 26.3. The number of rotatable bonds is 11. The first-order chi connectivity index (χ1) is 15.4. The van der Waals surface area contributed by atoms with E-state index in [-0.39, 0.29) is 24.5 Å². The molecule has 5 nitrogen and oxygen atoms in total. The van der Waals surface area contributed by atoms with Crippen molar-refractivity contribution in [1.29, 1.82) is 0 Å². The van der Waals surface area contributed by atoms with Gasteiger partial charge in [-0.2, -0.15) is 0 Å². The minimum Gasteiger partial charge on any atom is -0.481 e. The molecule has 0 fully saturated rings. The third-order valence-electron chi connectivity index (χ3n) is 5.56. The predicted molar refractivity (Wildman–Crippen MR) is 130 cm³/mol. The van der Waals surface area contributed by atoms with Crippen molar-refractivity contribution < 1.29 is 24.2 Å². The Morgan fingerprint density at radius 2 is 1.45 bits per heavy atom. The normalized spacial score (nSPS) is 14.2. The number of ether oxygens (including phenoxy) is 1.